The molecule has 100 valence electrons. The summed E-state index contributed by atoms with van der Waals surface area (Å²) in [5.41, 5.74) is 2.11. The summed E-state index contributed by atoms with van der Waals surface area (Å²) < 4.78 is 9.99. The summed E-state index contributed by atoms with van der Waals surface area (Å²) in [5.74, 6) is 0.918. The topological polar surface area (TPSA) is 38.8 Å². The second kappa shape index (κ2) is 6.28. The third kappa shape index (κ3) is 3.39. The zero-order valence-corrected chi connectivity index (χ0v) is 11.7. The Morgan fingerprint density at radius 2 is 2.00 bits per heavy atom. The highest BCUT2D eigenvalue weighted by Crippen LogP contribution is 2.31. The van der Waals surface area contributed by atoms with E-state index in [4.69, 9.17) is 4.74 Å². The standard InChI is InChI=1S/C14H21NO3/c1-10(2)11-6-7-13(17-4)12(8-11)15(3)9-14(16)18-5/h6-8,10H,9H2,1-5H3. The van der Waals surface area contributed by atoms with E-state index in [1.165, 1.54) is 12.7 Å². The van der Waals surface area contributed by atoms with Gasteiger partial charge in [0, 0.05) is 7.05 Å². The van der Waals surface area contributed by atoms with Crippen molar-refractivity contribution in [2.75, 3.05) is 32.7 Å². The number of hydrogen-bond donors (Lipinski definition) is 0. The molecule has 18 heavy (non-hydrogen) atoms. The van der Waals surface area contributed by atoms with Crippen LogP contribution in [0, 0.1) is 0 Å². The fourth-order valence-corrected chi connectivity index (χ4v) is 1.71. The van der Waals surface area contributed by atoms with Crippen molar-refractivity contribution in [1.29, 1.82) is 0 Å². The predicted molar refractivity (Wildman–Crippen MR) is 72.4 cm³/mol. The fraction of sp³-hybridized carbons (Fsp3) is 0.500. The maximum absolute atomic E-state index is 11.3. The average Bonchev–Trinajstić information content (AvgIpc) is 2.37. The van der Waals surface area contributed by atoms with Crippen LogP contribution < -0.4 is 9.64 Å². The molecule has 0 fully saturated rings. The minimum Gasteiger partial charge on any atom is -0.495 e. The predicted octanol–water partition coefficient (Wildman–Crippen LogP) is 2.43. The number of anilines is 1. The smallest absolute Gasteiger partial charge is 0.325 e. The lowest BCUT2D eigenvalue weighted by molar-refractivity contribution is -0.138. The van der Waals surface area contributed by atoms with Crippen LogP contribution in [-0.4, -0.2) is 33.8 Å². The summed E-state index contributed by atoms with van der Waals surface area (Å²) in [6.45, 7) is 4.46. The molecule has 0 N–H and O–H groups in total. The normalized spacial score (nSPS) is 10.3. The van der Waals surface area contributed by atoms with Crippen molar-refractivity contribution < 1.29 is 14.3 Å². The molecule has 4 heteroatoms. The number of benzene rings is 1. The van der Waals surface area contributed by atoms with E-state index in [0.717, 1.165) is 11.4 Å². The third-order valence-electron chi connectivity index (χ3n) is 2.87. The first-order valence-electron chi connectivity index (χ1n) is 5.95. The SMILES string of the molecule is COC(=O)CN(C)c1cc(C(C)C)ccc1OC. The van der Waals surface area contributed by atoms with E-state index in [9.17, 15) is 4.79 Å². The Labute approximate surface area is 108 Å². The second-order valence-electron chi connectivity index (χ2n) is 4.52. The number of ether oxygens (including phenoxy) is 2. The number of carbonyl (C=O) groups excluding carboxylic acids is 1. The summed E-state index contributed by atoms with van der Waals surface area (Å²) in [6.07, 6.45) is 0. The maximum atomic E-state index is 11.3. The lowest BCUT2D eigenvalue weighted by Crippen LogP contribution is -2.26. The lowest BCUT2D eigenvalue weighted by atomic mass is 10.0. The molecule has 0 amide bonds. The van der Waals surface area contributed by atoms with Gasteiger partial charge in [0.25, 0.3) is 0 Å². The first kappa shape index (κ1) is 14.4. The molecule has 0 atom stereocenters. The fourth-order valence-electron chi connectivity index (χ4n) is 1.71. The van der Waals surface area contributed by atoms with Crippen LogP contribution in [-0.2, 0) is 9.53 Å². The largest absolute Gasteiger partial charge is 0.495 e. The van der Waals surface area contributed by atoms with Crippen molar-refractivity contribution in [2.24, 2.45) is 0 Å². The Hall–Kier alpha value is -1.71. The molecule has 4 nitrogen and oxygen atoms in total. The van der Waals surface area contributed by atoms with Crippen molar-refractivity contribution >= 4 is 11.7 Å². The van der Waals surface area contributed by atoms with Crippen LogP contribution in [0.3, 0.4) is 0 Å². The molecule has 1 rings (SSSR count). The zero-order valence-electron chi connectivity index (χ0n) is 11.7. The van der Waals surface area contributed by atoms with Gasteiger partial charge in [-0.15, -0.1) is 0 Å². The Morgan fingerprint density at radius 3 is 2.50 bits per heavy atom. The van der Waals surface area contributed by atoms with Gasteiger partial charge >= 0.3 is 5.97 Å². The van der Waals surface area contributed by atoms with E-state index >= 15 is 0 Å². The number of methoxy groups -OCH3 is 2. The van der Waals surface area contributed by atoms with E-state index in [0.29, 0.717) is 5.92 Å². The van der Waals surface area contributed by atoms with Gasteiger partial charge in [-0.3, -0.25) is 4.79 Å². The van der Waals surface area contributed by atoms with E-state index in [-0.39, 0.29) is 12.5 Å². The third-order valence-corrected chi connectivity index (χ3v) is 2.87. The molecule has 0 unspecified atom stereocenters. The summed E-state index contributed by atoms with van der Waals surface area (Å²) >= 11 is 0. The molecule has 0 aliphatic rings. The Kier molecular flexibility index (Phi) is 5.01. The minimum atomic E-state index is -0.269. The van der Waals surface area contributed by atoms with Gasteiger partial charge in [0.1, 0.15) is 12.3 Å². The van der Waals surface area contributed by atoms with Gasteiger partial charge < -0.3 is 14.4 Å². The maximum Gasteiger partial charge on any atom is 0.325 e. The summed E-state index contributed by atoms with van der Waals surface area (Å²) in [4.78, 5) is 13.1. The first-order valence-corrected chi connectivity index (χ1v) is 5.95. The van der Waals surface area contributed by atoms with Gasteiger partial charge in [-0.1, -0.05) is 19.9 Å². The van der Waals surface area contributed by atoms with E-state index in [1.54, 1.807) is 7.11 Å². The number of nitrogens with zero attached hydrogens (tertiary/aromatic N) is 1. The van der Waals surface area contributed by atoms with Crippen molar-refractivity contribution in [3.8, 4) is 5.75 Å². The van der Waals surface area contributed by atoms with E-state index in [1.807, 2.05) is 30.1 Å². The van der Waals surface area contributed by atoms with E-state index in [2.05, 4.69) is 18.6 Å². The van der Waals surface area contributed by atoms with Crippen LogP contribution in [0.15, 0.2) is 18.2 Å². The molecule has 1 aromatic rings. The van der Waals surface area contributed by atoms with E-state index < -0.39 is 0 Å². The molecule has 0 saturated carbocycles. The zero-order chi connectivity index (χ0) is 13.7. The highest BCUT2D eigenvalue weighted by Gasteiger charge is 2.13. The molecule has 0 aliphatic carbocycles. The minimum absolute atomic E-state index is 0.203. The molecule has 0 aromatic heterocycles. The van der Waals surface area contributed by atoms with Gasteiger partial charge in [-0.05, 0) is 23.6 Å². The Balaban J connectivity index is 3.03. The molecule has 0 bridgehead atoms. The van der Waals surface area contributed by atoms with Crippen LogP contribution in [0.5, 0.6) is 5.75 Å². The van der Waals surface area contributed by atoms with Gasteiger partial charge in [-0.2, -0.15) is 0 Å². The Bertz CT molecular complexity index is 416. The average molecular weight is 251 g/mol. The second-order valence-corrected chi connectivity index (χ2v) is 4.52. The van der Waals surface area contributed by atoms with Crippen LogP contribution in [0.4, 0.5) is 5.69 Å². The van der Waals surface area contributed by atoms with Gasteiger partial charge in [0.15, 0.2) is 0 Å². The highest BCUT2D eigenvalue weighted by atomic mass is 16.5. The monoisotopic (exact) mass is 251 g/mol. The van der Waals surface area contributed by atoms with Crippen LogP contribution in [0.25, 0.3) is 0 Å². The molecular formula is C14H21NO3. The van der Waals surface area contributed by atoms with Crippen LogP contribution in [0.2, 0.25) is 0 Å². The van der Waals surface area contributed by atoms with Crippen molar-refractivity contribution in [3.63, 3.8) is 0 Å². The Morgan fingerprint density at radius 1 is 1.33 bits per heavy atom. The molecular weight excluding hydrogens is 230 g/mol. The van der Waals surface area contributed by atoms with Crippen molar-refractivity contribution in [3.05, 3.63) is 23.8 Å². The number of rotatable bonds is 5. The van der Waals surface area contributed by atoms with Gasteiger partial charge in [-0.25, -0.2) is 0 Å². The number of likely N-dealkylation sites (N-methyl/N-ethyl adjacent to an activating group) is 1. The molecule has 0 heterocycles. The van der Waals surface area contributed by atoms with Crippen LogP contribution >= 0.6 is 0 Å². The molecule has 1 aromatic carbocycles. The number of esters is 1. The number of carbonyl (C=O) groups is 1. The summed E-state index contributed by atoms with van der Waals surface area (Å²) in [7, 11) is 4.86. The first-order chi connectivity index (χ1) is 8.49. The summed E-state index contributed by atoms with van der Waals surface area (Å²) in [6, 6.07) is 6.02. The lowest BCUT2D eigenvalue weighted by Gasteiger charge is -2.22. The summed E-state index contributed by atoms with van der Waals surface area (Å²) in [5, 5.41) is 0. The highest BCUT2D eigenvalue weighted by molar-refractivity contribution is 5.76. The molecule has 0 spiro atoms. The van der Waals surface area contributed by atoms with Gasteiger partial charge in [0.2, 0.25) is 0 Å². The van der Waals surface area contributed by atoms with Crippen LogP contribution in [0.1, 0.15) is 25.3 Å². The van der Waals surface area contributed by atoms with Gasteiger partial charge in [0.05, 0.1) is 19.9 Å². The molecule has 0 radical (unpaired) electrons. The quantitative estimate of drug-likeness (QED) is 0.753. The van der Waals surface area contributed by atoms with Crippen molar-refractivity contribution in [1.82, 2.24) is 0 Å². The molecule has 0 aliphatic heterocycles. The number of hydrogen-bond acceptors (Lipinski definition) is 4. The van der Waals surface area contributed by atoms with Crippen molar-refractivity contribution in [2.45, 2.75) is 19.8 Å². The molecule has 0 saturated heterocycles.